The van der Waals surface area contributed by atoms with Crippen molar-refractivity contribution in [1.29, 1.82) is 0 Å². The van der Waals surface area contributed by atoms with Crippen LogP contribution in [0.1, 0.15) is 66.8 Å². The van der Waals surface area contributed by atoms with Gasteiger partial charge in [-0.25, -0.2) is 0 Å². The minimum Gasteiger partial charge on any atom is -0.311 e. The zero-order valence-electron chi connectivity index (χ0n) is 59.2. The lowest BCUT2D eigenvalue weighted by atomic mass is 9.33. The highest BCUT2D eigenvalue weighted by Crippen LogP contribution is 2.69. The molecule has 0 radical (unpaired) electrons. The molecule has 500 valence electrons. The van der Waals surface area contributed by atoms with Crippen LogP contribution in [0.4, 0.5) is 34.1 Å². The predicted octanol–water partition coefficient (Wildman–Crippen LogP) is 23.6. The van der Waals surface area contributed by atoms with Crippen molar-refractivity contribution in [2.75, 3.05) is 9.80 Å². The summed E-state index contributed by atoms with van der Waals surface area (Å²) in [5.41, 5.74) is 45.7. The average Bonchev–Trinajstić information content (AvgIpc) is 1.55. The van der Waals surface area contributed by atoms with Crippen LogP contribution in [0.5, 0.6) is 0 Å². The fourth-order valence-electron chi connectivity index (χ4n) is 22.8. The van der Waals surface area contributed by atoms with Crippen LogP contribution in [0.2, 0.25) is 0 Å². The van der Waals surface area contributed by atoms with Crippen LogP contribution in [-0.4, -0.2) is 11.3 Å². The number of para-hydroxylation sites is 2. The fraction of sp³-hybridized carbons (Fsp3) is 0.0286. The van der Waals surface area contributed by atoms with Gasteiger partial charge in [0.1, 0.15) is 0 Å². The normalized spacial score (nSPS) is 15.0. The van der Waals surface area contributed by atoms with Crippen LogP contribution in [0.25, 0.3) is 105 Å². The quantitative estimate of drug-likeness (QED) is 0.163. The summed E-state index contributed by atoms with van der Waals surface area (Å²) in [5.74, 6) is 0. The zero-order valence-corrected chi connectivity index (χ0v) is 59.2. The summed E-state index contributed by atoms with van der Waals surface area (Å²) in [6.07, 6.45) is 0. The summed E-state index contributed by atoms with van der Waals surface area (Å²) in [5, 5.41) is 2.44. The van der Waals surface area contributed by atoms with E-state index in [9.17, 15) is 0 Å². The van der Waals surface area contributed by atoms with Crippen LogP contribution >= 0.6 is 0 Å². The summed E-state index contributed by atoms with van der Waals surface area (Å²) in [6, 6.07) is 146. The first-order chi connectivity index (χ1) is 54.1. The maximum absolute atomic E-state index is 2.75. The van der Waals surface area contributed by atoms with Crippen molar-refractivity contribution in [2.45, 2.75) is 16.2 Å². The molecule has 0 saturated carbocycles. The first kappa shape index (κ1) is 58.5. The molecule has 1 aromatic heterocycles. The highest BCUT2D eigenvalue weighted by Gasteiger charge is 2.58. The molecular formula is C105H62BN3. The van der Waals surface area contributed by atoms with Gasteiger partial charge in [-0.3, -0.25) is 0 Å². The largest absolute Gasteiger partial charge is 0.311 e. The van der Waals surface area contributed by atoms with E-state index in [2.05, 4.69) is 390 Å². The van der Waals surface area contributed by atoms with Crippen molar-refractivity contribution in [1.82, 2.24) is 4.57 Å². The molecular weight excluding hydrogens is 1310 g/mol. The third-order valence-corrected chi connectivity index (χ3v) is 26.6. The Hall–Kier alpha value is -13.8. The Bertz CT molecular complexity index is 6950. The molecule has 4 heteroatoms. The van der Waals surface area contributed by atoms with Gasteiger partial charge >= 0.3 is 0 Å². The number of nitrogens with zero attached hydrogens (tertiary/aromatic N) is 3. The Morgan fingerprint density at radius 1 is 0.202 bits per heavy atom. The molecule has 109 heavy (non-hydrogen) atoms. The Balaban J connectivity index is 0.843. The molecule has 3 spiro atoms. The van der Waals surface area contributed by atoms with Crippen molar-refractivity contribution in [3.05, 3.63) is 443 Å². The van der Waals surface area contributed by atoms with Crippen LogP contribution in [0, 0.1) is 0 Å². The van der Waals surface area contributed by atoms with Gasteiger partial charge < -0.3 is 14.4 Å². The molecule has 3 nitrogen and oxygen atoms in total. The number of rotatable bonds is 4. The molecule has 0 N–H and O–H groups in total. The SMILES string of the molecule is c1ccc(-c2ccc3c(c2)B2c4cc5c(cc4N(c4ccc6c(c4)C4(c7ccccc7-c7ccccc74)c4ccccc4-6)c4cc(-n6c7ccccc7c7ccccc76)cc(c42)N3c2cccc3c2C2(c4ccccc4-c4ccccc42)c2ccccc2-3)-c2ccccc2C52c3ccccc3-c3ccccc32)cc1. The lowest BCUT2D eigenvalue weighted by Gasteiger charge is -2.46. The van der Waals surface area contributed by atoms with Gasteiger partial charge in [-0.05, 0) is 210 Å². The molecule has 18 aromatic rings. The monoisotopic (exact) mass is 1380 g/mol. The third kappa shape index (κ3) is 6.96. The van der Waals surface area contributed by atoms with Gasteiger partial charge in [-0.2, -0.15) is 0 Å². The molecule has 0 amide bonds. The first-order valence-corrected chi connectivity index (χ1v) is 38.4. The van der Waals surface area contributed by atoms with E-state index in [1.807, 2.05) is 0 Å². The van der Waals surface area contributed by atoms with E-state index >= 15 is 0 Å². The molecule has 3 heterocycles. The van der Waals surface area contributed by atoms with Crippen LogP contribution in [0.3, 0.4) is 0 Å². The molecule has 0 fully saturated rings. The molecule has 0 saturated heterocycles. The summed E-state index contributed by atoms with van der Waals surface area (Å²) in [7, 11) is 0. The minimum absolute atomic E-state index is 0.286. The second-order valence-electron chi connectivity index (χ2n) is 31.1. The zero-order chi connectivity index (χ0) is 70.7. The number of benzene rings is 17. The molecule has 0 unspecified atom stereocenters. The Morgan fingerprint density at radius 3 is 1.08 bits per heavy atom. The second-order valence-corrected chi connectivity index (χ2v) is 31.1. The maximum atomic E-state index is 2.75. The van der Waals surface area contributed by atoms with Gasteiger partial charge in [0.05, 0.1) is 38.7 Å². The minimum atomic E-state index is -0.674. The summed E-state index contributed by atoms with van der Waals surface area (Å²) >= 11 is 0. The molecule has 0 bridgehead atoms. The number of hydrogen-bond acceptors (Lipinski definition) is 2. The van der Waals surface area contributed by atoms with Crippen molar-refractivity contribution >= 4 is 79.0 Å². The summed E-state index contributed by atoms with van der Waals surface area (Å²) < 4.78 is 2.57. The van der Waals surface area contributed by atoms with Gasteiger partial charge in [-0.1, -0.05) is 322 Å². The Kier molecular flexibility index (Phi) is 11.2. The molecule has 2 aliphatic heterocycles. The predicted molar refractivity (Wildman–Crippen MR) is 449 cm³/mol. The van der Waals surface area contributed by atoms with Crippen molar-refractivity contribution in [3.63, 3.8) is 0 Å². The van der Waals surface area contributed by atoms with Gasteiger partial charge in [0.2, 0.25) is 0 Å². The van der Waals surface area contributed by atoms with Crippen molar-refractivity contribution in [2.24, 2.45) is 0 Å². The van der Waals surface area contributed by atoms with Crippen LogP contribution in [0.15, 0.2) is 376 Å². The fourth-order valence-corrected chi connectivity index (χ4v) is 22.8. The van der Waals surface area contributed by atoms with E-state index in [1.54, 1.807) is 0 Å². The molecule has 8 aliphatic rings. The molecule has 0 atom stereocenters. The van der Waals surface area contributed by atoms with Crippen LogP contribution < -0.4 is 26.2 Å². The van der Waals surface area contributed by atoms with Gasteiger partial charge in [0, 0.05) is 44.8 Å². The maximum Gasteiger partial charge on any atom is 0.252 e. The van der Waals surface area contributed by atoms with E-state index < -0.39 is 16.2 Å². The van der Waals surface area contributed by atoms with Gasteiger partial charge in [0.15, 0.2) is 0 Å². The number of aromatic nitrogens is 1. The number of hydrogen-bond donors (Lipinski definition) is 0. The lowest BCUT2D eigenvalue weighted by Crippen LogP contribution is -2.61. The summed E-state index contributed by atoms with van der Waals surface area (Å²) in [6.45, 7) is -0.286. The molecule has 17 aromatic carbocycles. The van der Waals surface area contributed by atoms with Crippen molar-refractivity contribution in [3.8, 4) is 83.6 Å². The topological polar surface area (TPSA) is 11.4 Å². The van der Waals surface area contributed by atoms with Gasteiger partial charge in [-0.15, -0.1) is 0 Å². The van der Waals surface area contributed by atoms with E-state index in [0.29, 0.717) is 0 Å². The van der Waals surface area contributed by atoms with Gasteiger partial charge in [0.25, 0.3) is 6.71 Å². The lowest BCUT2D eigenvalue weighted by molar-refractivity contribution is 0.793. The number of fused-ring (bicyclic) bond motifs is 37. The average molecular weight is 1380 g/mol. The molecule has 6 aliphatic carbocycles. The Labute approximate surface area is 631 Å². The second kappa shape index (κ2) is 20.8. The van der Waals surface area contributed by atoms with E-state index in [4.69, 9.17) is 0 Å². The number of anilines is 6. The van der Waals surface area contributed by atoms with Crippen LogP contribution in [-0.2, 0) is 16.2 Å². The highest BCUT2D eigenvalue weighted by atomic mass is 15.2. The van der Waals surface area contributed by atoms with Crippen molar-refractivity contribution < 1.29 is 0 Å². The Morgan fingerprint density at radius 2 is 0.587 bits per heavy atom. The van der Waals surface area contributed by atoms with E-state index in [1.165, 1.54) is 177 Å². The summed E-state index contributed by atoms with van der Waals surface area (Å²) in [4.78, 5) is 5.50. The highest BCUT2D eigenvalue weighted by molar-refractivity contribution is 7.00. The van der Waals surface area contributed by atoms with E-state index in [0.717, 1.165) is 45.2 Å². The standard InChI is InChI=1S/C105H62BN3/c1-2-27-63(28-3-1)64-53-56-96-92(57-64)106-93-62-91-80(75-37-12-20-46-86(75)104(91)83-43-17-6-31-69(83)70-32-7-18-44-84(70)104)61-98(93)107(65-54-55-76-73-35-8-19-45-85(73)103(90(76)58-65)81-41-15-4-29-67(81)68-30-5-16-42-82(68)103)99-59-66(108-94-50-24-13-38-77(94)78-39-14-25-51-95(78)108)60-100(102(99)106)109(96)97-52-26-40-79-74-36-11-23-49-89(74)105(101(79)97)87-47-21-9-33-71(87)72-34-10-22-48-88(72)105/h1-62H. The smallest absolute Gasteiger partial charge is 0.252 e. The third-order valence-electron chi connectivity index (χ3n) is 26.6. The molecule has 26 rings (SSSR count). The van der Waals surface area contributed by atoms with E-state index in [-0.39, 0.29) is 6.71 Å². The first-order valence-electron chi connectivity index (χ1n) is 38.4.